The second-order valence-corrected chi connectivity index (χ2v) is 12.1. The van der Waals surface area contributed by atoms with Gasteiger partial charge in [0.25, 0.3) is 0 Å². The lowest BCUT2D eigenvalue weighted by atomic mass is 9.95. The Morgan fingerprint density at radius 3 is 2.25 bits per heavy atom. The Kier molecular flexibility index (Phi) is 9.66. The number of halogens is 2. The van der Waals surface area contributed by atoms with E-state index >= 15 is 0 Å². The Balaban J connectivity index is 1.90. The van der Waals surface area contributed by atoms with Crippen LogP contribution >= 0.6 is 23.2 Å². The largest absolute Gasteiger partial charge is 0.352 e. The molecule has 0 saturated heterocycles. The van der Waals surface area contributed by atoms with Gasteiger partial charge in [-0.3, -0.25) is 13.9 Å². The zero-order valence-corrected chi connectivity index (χ0v) is 23.2. The summed E-state index contributed by atoms with van der Waals surface area (Å²) in [5.41, 5.74) is 2.02. The molecule has 10 heteroatoms. The SMILES string of the molecule is Cc1ccccc1CN(C(=O)CN(c1cc(Cl)cc(Cl)c1)S(C)(=O)=O)[C@@H](C)C(=O)NC1CCCCC1. The molecule has 2 aromatic carbocycles. The number of sulfonamides is 1. The summed E-state index contributed by atoms with van der Waals surface area (Å²) in [7, 11) is -3.86. The van der Waals surface area contributed by atoms with Gasteiger partial charge in [0.1, 0.15) is 12.6 Å². The molecule has 196 valence electrons. The number of anilines is 1. The molecule has 1 aliphatic rings. The molecule has 1 N–H and O–H groups in total. The highest BCUT2D eigenvalue weighted by atomic mass is 35.5. The van der Waals surface area contributed by atoms with Gasteiger partial charge in [0, 0.05) is 22.6 Å². The number of nitrogens with one attached hydrogen (secondary N) is 1. The van der Waals surface area contributed by atoms with Crippen molar-refractivity contribution in [1.29, 1.82) is 0 Å². The van der Waals surface area contributed by atoms with Gasteiger partial charge in [0.05, 0.1) is 11.9 Å². The van der Waals surface area contributed by atoms with Gasteiger partial charge in [0.15, 0.2) is 0 Å². The Bertz CT molecular complexity index is 1180. The average molecular weight is 555 g/mol. The summed E-state index contributed by atoms with van der Waals surface area (Å²) >= 11 is 12.2. The molecule has 0 heterocycles. The molecule has 0 radical (unpaired) electrons. The van der Waals surface area contributed by atoms with E-state index < -0.39 is 28.5 Å². The molecular weight excluding hydrogens is 521 g/mol. The molecule has 1 saturated carbocycles. The summed E-state index contributed by atoms with van der Waals surface area (Å²) in [4.78, 5) is 28.3. The van der Waals surface area contributed by atoms with E-state index in [0.717, 1.165) is 53.8 Å². The average Bonchev–Trinajstić information content (AvgIpc) is 2.80. The van der Waals surface area contributed by atoms with Crippen molar-refractivity contribution < 1.29 is 18.0 Å². The molecule has 0 spiro atoms. The van der Waals surface area contributed by atoms with Crippen molar-refractivity contribution >= 4 is 50.7 Å². The van der Waals surface area contributed by atoms with Gasteiger partial charge in [0.2, 0.25) is 21.8 Å². The molecule has 36 heavy (non-hydrogen) atoms. The second-order valence-electron chi connectivity index (χ2n) is 9.36. The maximum absolute atomic E-state index is 13.7. The van der Waals surface area contributed by atoms with Crippen LogP contribution in [-0.4, -0.2) is 50.0 Å². The van der Waals surface area contributed by atoms with Crippen molar-refractivity contribution in [3.63, 3.8) is 0 Å². The Labute approximate surface area is 223 Å². The van der Waals surface area contributed by atoms with Gasteiger partial charge in [-0.25, -0.2) is 8.42 Å². The maximum Gasteiger partial charge on any atom is 0.244 e. The van der Waals surface area contributed by atoms with E-state index in [-0.39, 0.29) is 34.2 Å². The van der Waals surface area contributed by atoms with Gasteiger partial charge in [-0.05, 0) is 56.0 Å². The predicted octanol–water partition coefficient (Wildman–Crippen LogP) is 4.93. The van der Waals surface area contributed by atoms with Crippen LogP contribution in [0.5, 0.6) is 0 Å². The lowest BCUT2D eigenvalue weighted by Crippen LogP contribution is -2.53. The minimum Gasteiger partial charge on any atom is -0.352 e. The van der Waals surface area contributed by atoms with Gasteiger partial charge in [-0.15, -0.1) is 0 Å². The first-order valence-electron chi connectivity index (χ1n) is 12.0. The molecule has 1 fully saturated rings. The van der Waals surface area contributed by atoms with E-state index in [1.54, 1.807) is 6.92 Å². The first-order chi connectivity index (χ1) is 17.0. The van der Waals surface area contributed by atoms with Crippen molar-refractivity contribution in [2.24, 2.45) is 0 Å². The molecule has 3 rings (SSSR count). The highest BCUT2D eigenvalue weighted by Crippen LogP contribution is 2.27. The standard InChI is InChI=1S/C26H33Cl2N3O4S/c1-18-9-7-8-10-20(18)16-30(19(2)26(33)29-23-11-5-4-6-12-23)25(32)17-31(36(3,34)35)24-14-21(27)13-22(28)15-24/h7-10,13-15,19,23H,4-6,11-12,16-17H2,1-3H3,(H,29,33)/t19-/m0/s1. The number of carbonyl (C=O) groups is 2. The van der Waals surface area contributed by atoms with Crippen LogP contribution in [0.15, 0.2) is 42.5 Å². The fraction of sp³-hybridized carbons (Fsp3) is 0.462. The molecule has 2 aromatic rings. The maximum atomic E-state index is 13.7. The minimum atomic E-state index is -3.86. The summed E-state index contributed by atoms with van der Waals surface area (Å²) in [5.74, 6) is -0.758. The molecule has 1 atom stereocenters. The van der Waals surface area contributed by atoms with E-state index in [4.69, 9.17) is 23.2 Å². The Hall–Kier alpha value is -2.29. The van der Waals surface area contributed by atoms with E-state index in [2.05, 4.69) is 5.32 Å². The van der Waals surface area contributed by atoms with Crippen molar-refractivity contribution in [2.75, 3.05) is 17.1 Å². The van der Waals surface area contributed by atoms with Crippen LogP contribution in [0, 0.1) is 6.92 Å². The number of carbonyl (C=O) groups excluding carboxylic acids is 2. The highest BCUT2D eigenvalue weighted by molar-refractivity contribution is 7.92. The zero-order chi connectivity index (χ0) is 26.5. The van der Waals surface area contributed by atoms with E-state index in [0.29, 0.717) is 0 Å². The quantitative estimate of drug-likeness (QED) is 0.476. The molecule has 0 aromatic heterocycles. The molecule has 2 amide bonds. The molecule has 0 unspecified atom stereocenters. The van der Waals surface area contributed by atoms with Crippen LogP contribution in [0.1, 0.15) is 50.2 Å². The predicted molar refractivity (Wildman–Crippen MR) is 145 cm³/mol. The van der Waals surface area contributed by atoms with Crippen molar-refractivity contribution in [2.45, 2.75) is 64.6 Å². The highest BCUT2D eigenvalue weighted by Gasteiger charge is 2.31. The van der Waals surface area contributed by atoms with Crippen molar-refractivity contribution in [3.05, 3.63) is 63.6 Å². The normalized spacial score (nSPS) is 15.2. The van der Waals surface area contributed by atoms with Crippen LogP contribution in [0.25, 0.3) is 0 Å². The monoisotopic (exact) mass is 553 g/mol. The minimum absolute atomic E-state index is 0.0882. The summed E-state index contributed by atoms with van der Waals surface area (Å²) in [6.45, 7) is 3.28. The lowest BCUT2D eigenvalue weighted by molar-refractivity contribution is -0.139. The van der Waals surface area contributed by atoms with Crippen molar-refractivity contribution in [1.82, 2.24) is 10.2 Å². The third-order valence-electron chi connectivity index (χ3n) is 6.54. The number of rotatable bonds is 9. The van der Waals surface area contributed by atoms with Crippen molar-refractivity contribution in [3.8, 4) is 0 Å². The first kappa shape index (κ1) is 28.3. The third-order valence-corrected chi connectivity index (χ3v) is 8.11. The van der Waals surface area contributed by atoms with Crippen LogP contribution in [0.2, 0.25) is 10.0 Å². The summed E-state index contributed by atoms with van der Waals surface area (Å²) in [5, 5.41) is 3.58. The topological polar surface area (TPSA) is 86.8 Å². The van der Waals surface area contributed by atoms with Gasteiger partial charge < -0.3 is 10.2 Å². The molecule has 1 aliphatic carbocycles. The molecule has 7 nitrogen and oxygen atoms in total. The Morgan fingerprint density at radius 2 is 1.67 bits per heavy atom. The van der Waals surface area contributed by atoms with Gasteiger partial charge >= 0.3 is 0 Å². The zero-order valence-electron chi connectivity index (χ0n) is 20.8. The molecule has 0 aliphatic heterocycles. The first-order valence-corrected chi connectivity index (χ1v) is 14.6. The van der Waals surface area contributed by atoms with Gasteiger partial charge in [-0.2, -0.15) is 0 Å². The number of amides is 2. The molecular formula is C26H33Cl2N3O4S. The lowest BCUT2D eigenvalue weighted by Gasteiger charge is -2.33. The van der Waals surface area contributed by atoms with E-state index in [9.17, 15) is 18.0 Å². The summed E-state index contributed by atoms with van der Waals surface area (Å²) in [6, 6.07) is 11.2. The number of aryl methyl sites for hydroxylation is 1. The molecule has 0 bridgehead atoms. The number of hydrogen-bond donors (Lipinski definition) is 1. The van der Waals surface area contributed by atoms with E-state index in [1.807, 2.05) is 31.2 Å². The second kappa shape index (κ2) is 12.3. The van der Waals surface area contributed by atoms with E-state index in [1.165, 1.54) is 23.1 Å². The van der Waals surface area contributed by atoms with Gasteiger partial charge in [-0.1, -0.05) is 66.7 Å². The van der Waals surface area contributed by atoms with Crippen LogP contribution < -0.4 is 9.62 Å². The van der Waals surface area contributed by atoms with Crippen LogP contribution in [-0.2, 0) is 26.2 Å². The summed E-state index contributed by atoms with van der Waals surface area (Å²) in [6.07, 6.45) is 6.14. The van der Waals surface area contributed by atoms with Crippen LogP contribution in [0.4, 0.5) is 5.69 Å². The number of benzene rings is 2. The Morgan fingerprint density at radius 1 is 1.06 bits per heavy atom. The third kappa shape index (κ3) is 7.60. The number of hydrogen-bond acceptors (Lipinski definition) is 4. The van der Waals surface area contributed by atoms with Crippen LogP contribution in [0.3, 0.4) is 0 Å². The fourth-order valence-corrected chi connectivity index (χ4v) is 5.77. The smallest absolute Gasteiger partial charge is 0.244 e. The fourth-order valence-electron chi connectivity index (χ4n) is 4.42. The number of nitrogens with zero attached hydrogens (tertiary/aromatic N) is 2. The summed E-state index contributed by atoms with van der Waals surface area (Å²) < 4.78 is 26.3.